The van der Waals surface area contributed by atoms with E-state index in [2.05, 4.69) is 35.2 Å². The van der Waals surface area contributed by atoms with Gasteiger partial charge in [0.2, 0.25) is 0 Å². The molecule has 2 heteroatoms. The van der Waals surface area contributed by atoms with Crippen LogP contribution >= 0.6 is 0 Å². The SMILES string of the molecule is c1ccc(CO[C@H]2CCN(C3CCCCC3)C2)cc1. The summed E-state index contributed by atoms with van der Waals surface area (Å²) in [5.41, 5.74) is 1.29. The largest absolute Gasteiger partial charge is 0.372 e. The zero-order valence-electron chi connectivity index (χ0n) is 11.8. The van der Waals surface area contributed by atoms with Crippen molar-refractivity contribution in [2.75, 3.05) is 13.1 Å². The molecule has 0 bridgehead atoms. The lowest BCUT2D eigenvalue weighted by molar-refractivity contribution is 0.0411. The van der Waals surface area contributed by atoms with Gasteiger partial charge < -0.3 is 4.74 Å². The van der Waals surface area contributed by atoms with Gasteiger partial charge in [-0.15, -0.1) is 0 Å². The molecule has 1 saturated heterocycles. The third-order valence-corrected chi connectivity index (χ3v) is 4.60. The summed E-state index contributed by atoms with van der Waals surface area (Å²) in [6.45, 7) is 3.16. The van der Waals surface area contributed by atoms with Gasteiger partial charge in [0, 0.05) is 19.1 Å². The van der Waals surface area contributed by atoms with Crippen molar-refractivity contribution in [3.8, 4) is 0 Å². The van der Waals surface area contributed by atoms with Crippen LogP contribution in [-0.2, 0) is 11.3 Å². The molecular formula is C17H25NO. The maximum Gasteiger partial charge on any atom is 0.0721 e. The molecule has 1 atom stereocenters. The molecule has 0 radical (unpaired) electrons. The van der Waals surface area contributed by atoms with E-state index in [1.54, 1.807) is 0 Å². The summed E-state index contributed by atoms with van der Waals surface area (Å²) < 4.78 is 6.07. The first-order valence-corrected chi connectivity index (χ1v) is 7.81. The Morgan fingerprint density at radius 1 is 1.00 bits per heavy atom. The Morgan fingerprint density at radius 2 is 1.79 bits per heavy atom. The van der Waals surface area contributed by atoms with Gasteiger partial charge in [-0.05, 0) is 24.8 Å². The number of nitrogens with zero attached hydrogens (tertiary/aromatic N) is 1. The van der Waals surface area contributed by atoms with Crippen LogP contribution in [0.1, 0.15) is 44.1 Å². The van der Waals surface area contributed by atoms with E-state index in [9.17, 15) is 0 Å². The molecule has 2 fully saturated rings. The fourth-order valence-electron chi connectivity index (χ4n) is 3.46. The number of likely N-dealkylation sites (tertiary alicyclic amines) is 1. The second-order valence-corrected chi connectivity index (χ2v) is 5.99. The van der Waals surface area contributed by atoms with Crippen LogP contribution in [0.4, 0.5) is 0 Å². The summed E-state index contributed by atoms with van der Waals surface area (Å²) in [4.78, 5) is 2.68. The first-order chi connectivity index (χ1) is 9.42. The molecule has 3 rings (SSSR count). The summed E-state index contributed by atoms with van der Waals surface area (Å²) in [6.07, 6.45) is 8.77. The molecule has 2 aliphatic rings. The predicted molar refractivity (Wildman–Crippen MR) is 78.1 cm³/mol. The quantitative estimate of drug-likeness (QED) is 0.819. The minimum Gasteiger partial charge on any atom is -0.372 e. The highest BCUT2D eigenvalue weighted by molar-refractivity contribution is 5.13. The van der Waals surface area contributed by atoms with Gasteiger partial charge in [-0.1, -0.05) is 49.6 Å². The van der Waals surface area contributed by atoms with Gasteiger partial charge in [-0.25, -0.2) is 0 Å². The van der Waals surface area contributed by atoms with Crippen molar-refractivity contribution < 1.29 is 4.74 Å². The molecule has 0 unspecified atom stereocenters. The molecular weight excluding hydrogens is 234 g/mol. The highest BCUT2D eigenvalue weighted by Crippen LogP contribution is 2.26. The summed E-state index contributed by atoms with van der Waals surface area (Å²) in [5, 5.41) is 0. The lowest BCUT2D eigenvalue weighted by Gasteiger charge is -2.30. The number of hydrogen-bond acceptors (Lipinski definition) is 2. The van der Waals surface area contributed by atoms with Crippen molar-refractivity contribution in [1.82, 2.24) is 4.90 Å². The summed E-state index contributed by atoms with van der Waals surface area (Å²) >= 11 is 0. The summed E-state index contributed by atoms with van der Waals surface area (Å²) in [6, 6.07) is 11.4. The number of ether oxygens (including phenoxy) is 1. The summed E-state index contributed by atoms with van der Waals surface area (Å²) in [5.74, 6) is 0. The van der Waals surface area contributed by atoms with Crippen molar-refractivity contribution in [2.45, 2.75) is 57.3 Å². The number of benzene rings is 1. The van der Waals surface area contributed by atoms with Gasteiger partial charge in [0.05, 0.1) is 12.7 Å². The second-order valence-electron chi connectivity index (χ2n) is 5.99. The van der Waals surface area contributed by atoms with Crippen LogP contribution in [-0.4, -0.2) is 30.1 Å². The van der Waals surface area contributed by atoms with E-state index < -0.39 is 0 Å². The van der Waals surface area contributed by atoms with E-state index in [1.807, 2.05) is 0 Å². The molecule has 19 heavy (non-hydrogen) atoms. The Labute approximate surface area is 116 Å². The van der Waals surface area contributed by atoms with Crippen LogP contribution in [0.2, 0.25) is 0 Å². The maximum absolute atomic E-state index is 6.07. The third kappa shape index (κ3) is 3.58. The molecule has 1 heterocycles. The lowest BCUT2D eigenvalue weighted by atomic mass is 9.94. The fraction of sp³-hybridized carbons (Fsp3) is 0.647. The molecule has 0 spiro atoms. The highest BCUT2D eigenvalue weighted by Gasteiger charge is 2.29. The molecule has 0 aromatic heterocycles. The Balaban J connectivity index is 1.44. The van der Waals surface area contributed by atoms with E-state index in [-0.39, 0.29) is 0 Å². The topological polar surface area (TPSA) is 12.5 Å². The van der Waals surface area contributed by atoms with Gasteiger partial charge in [0.15, 0.2) is 0 Å². The monoisotopic (exact) mass is 259 g/mol. The second kappa shape index (κ2) is 6.53. The van der Waals surface area contributed by atoms with Crippen molar-refractivity contribution in [2.24, 2.45) is 0 Å². The Kier molecular flexibility index (Phi) is 4.52. The zero-order valence-corrected chi connectivity index (χ0v) is 11.8. The molecule has 1 aromatic rings. The number of hydrogen-bond donors (Lipinski definition) is 0. The molecule has 2 nitrogen and oxygen atoms in total. The Hall–Kier alpha value is -0.860. The van der Waals surface area contributed by atoms with Crippen LogP contribution in [0.5, 0.6) is 0 Å². The third-order valence-electron chi connectivity index (χ3n) is 4.60. The molecule has 1 aliphatic heterocycles. The van der Waals surface area contributed by atoms with E-state index in [4.69, 9.17) is 4.74 Å². The molecule has 0 N–H and O–H groups in total. The van der Waals surface area contributed by atoms with Gasteiger partial charge in [0.1, 0.15) is 0 Å². The number of rotatable bonds is 4. The zero-order chi connectivity index (χ0) is 12.9. The Morgan fingerprint density at radius 3 is 2.58 bits per heavy atom. The molecule has 1 saturated carbocycles. The van der Waals surface area contributed by atoms with E-state index in [1.165, 1.54) is 50.6 Å². The molecule has 104 valence electrons. The van der Waals surface area contributed by atoms with E-state index in [0.717, 1.165) is 19.2 Å². The van der Waals surface area contributed by atoms with E-state index in [0.29, 0.717) is 6.10 Å². The standard InChI is InChI=1S/C17H25NO/c1-3-7-15(8-4-1)14-19-17-11-12-18(13-17)16-9-5-2-6-10-16/h1,3-4,7-8,16-17H,2,5-6,9-14H2/t17-/m0/s1. The van der Waals surface area contributed by atoms with Gasteiger partial charge in [0.25, 0.3) is 0 Å². The van der Waals surface area contributed by atoms with Crippen LogP contribution < -0.4 is 0 Å². The first kappa shape index (κ1) is 13.1. The average Bonchev–Trinajstić information content (AvgIpc) is 2.96. The highest BCUT2D eigenvalue weighted by atomic mass is 16.5. The molecule has 0 amide bonds. The summed E-state index contributed by atoms with van der Waals surface area (Å²) in [7, 11) is 0. The van der Waals surface area contributed by atoms with Crippen molar-refractivity contribution in [3.63, 3.8) is 0 Å². The fourth-order valence-corrected chi connectivity index (χ4v) is 3.46. The smallest absolute Gasteiger partial charge is 0.0721 e. The molecule has 1 aliphatic carbocycles. The van der Waals surface area contributed by atoms with Crippen molar-refractivity contribution in [1.29, 1.82) is 0 Å². The van der Waals surface area contributed by atoms with Crippen molar-refractivity contribution >= 4 is 0 Å². The van der Waals surface area contributed by atoms with Crippen LogP contribution in [0, 0.1) is 0 Å². The first-order valence-electron chi connectivity index (χ1n) is 7.81. The van der Waals surface area contributed by atoms with Gasteiger partial charge >= 0.3 is 0 Å². The lowest BCUT2D eigenvalue weighted by Crippen LogP contribution is -2.35. The van der Waals surface area contributed by atoms with Gasteiger partial charge in [-0.2, -0.15) is 0 Å². The van der Waals surface area contributed by atoms with Crippen molar-refractivity contribution in [3.05, 3.63) is 35.9 Å². The minimum atomic E-state index is 0.446. The average molecular weight is 259 g/mol. The van der Waals surface area contributed by atoms with Crippen LogP contribution in [0.15, 0.2) is 30.3 Å². The van der Waals surface area contributed by atoms with E-state index >= 15 is 0 Å². The predicted octanol–water partition coefficient (Wildman–Crippen LogP) is 3.61. The molecule has 1 aromatic carbocycles. The maximum atomic E-state index is 6.07. The van der Waals surface area contributed by atoms with Gasteiger partial charge in [-0.3, -0.25) is 4.90 Å². The van der Waals surface area contributed by atoms with Crippen LogP contribution in [0.25, 0.3) is 0 Å². The Bertz CT molecular complexity index is 372. The minimum absolute atomic E-state index is 0.446. The van der Waals surface area contributed by atoms with Crippen LogP contribution in [0.3, 0.4) is 0 Å². The normalized spacial score (nSPS) is 25.8.